The van der Waals surface area contributed by atoms with Gasteiger partial charge in [0.15, 0.2) is 0 Å². The first kappa shape index (κ1) is 9.65. The molecule has 0 saturated heterocycles. The van der Waals surface area contributed by atoms with Crippen molar-refractivity contribution in [1.82, 2.24) is 19.7 Å². The van der Waals surface area contributed by atoms with E-state index in [1.807, 2.05) is 11.6 Å². The first-order chi connectivity index (χ1) is 6.47. The van der Waals surface area contributed by atoms with Crippen LogP contribution in [0.15, 0.2) is 0 Å². The molecule has 1 aliphatic rings. The lowest BCUT2D eigenvalue weighted by atomic mass is 10.1. The molecule has 4 heteroatoms. The van der Waals surface area contributed by atoms with E-state index in [1.165, 1.54) is 0 Å². The Balaban J connectivity index is 2.21. The lowest BCUT2D eigenvalue weighted by molar-refractivity contribution is 0.0746. The third kappa shape index (κ3) is 1.66. The van der Waals surface area contributed by atoms with Crippen molar-refractivity contribution in [3.63, 3.8) is 0 Å². The van der Waals surface area contributed by atoms with Crippen molar-refractivity contribution in [3.8, 4) is 0 Å². The molecule has 0 bridgehead atoms. The average Bonchev–Trinajstić information content (AvgIpc) is 2.41. The van der Waals surface area contributed by atoms with Crippen LogP contribution in [-0.2, 0) is 13.1 Å². The van der Waals surface area contributed by atoms with Crippen LogP contribution in [0.3, 0.4) is 0 Å². The Morgan fingerprint density at radius 2 is 2.00 bits per heavy atom. The highest BCUT2D eigenvalue weighted by atomic mass is 15.4. The highest BCUT2D eigenvalue weighted by molar-refractivity contribution is 4.96. The zero-order valence-electron chi connectivity index (χ0n) is 9.41. The molecule has 0 amide bonds. The van der Waals surface area contributed by atoms with Crippen molar-refractivity contribution < 1.29 is 0 Å². The Kier molecular flexibility index (Phi) is 2.10. The third-order valence-corrected chi connectivity index (χ3v) is 2.71. The minimum absolute atomic E-state index is 0.220. The molecule has 1 aromatic heterocycles. The van der Waals surface area contributed by atoms with E-state index >= 15 is 0 Å². The lowest BCUT2D eigenvalue weighted by Crippen LogP contribution is -2.46. The smallest absolute Gasteiger partial charge is 0.147 e. The summed E-state index contributed by atoms with van der Waals surface area (Å²) in [7, 11) is 0. The Morgan fingerprint density at radius 3 is 2.64 bits per heavy atom. The van der Waals surface area contributed by atoms with Gasteiger partial charge in [-0.25, -0.2) is 9.67 Å². The van der Waals surface area contributed by atoms with Crippen LogP contribution in [0, 0.1) is 6.92 Å². The van der Waals surface area contributed by atoms with Gasteiger partial charge in [0.2, 0.25) is 0 Å². The van der Waals surface area contributed by atoms with Crippen molar-refractivity contribution >= 4 is 0 Å². The fourth-order valence-corrected chi connectivity index (χ4v) is 1.81. The van der Waals surface area contributed by atoms with Crippen LogP contribution in [0.1, 0.15) is 32.4 Å². The van der Waals surface area contributed by atoms with E-state index in [1.54, 1.807) is 0 Å². The van der Waals surface area contributed by atoms with Gasteiger partial charge in [0.05, 0.1) is 6.67 Å². The van der Waals surface area contributed by atoms with Crippen LogP contribution < -0.4 is 0 Å². The molecule has 0 saturated carbocycles. The highest BCUT2D eigenvalue weighted by Gasteiger charge is 2.26. The zero-order valence-corrected chi connectivity index (χ0v) is 9.41. The van der Waals surface area contributed by atoms with Crippen LogP contribution in [-0.4, -0.2) is 31.7 Å². The Hall–Kier alpha value is -0.900. The van der Waals surface area contributed by atoms with E-state index in [0.717, 1.165) is 31.3 Å². The summed E-state index contributed by atoms with van der Waals surface area (Å²) in [5.41, 5.74) is 0.220. The van der Waals surface area contributed by atoms with E-state index < -0.39 is 0 Å². The maximum absolute atomic E-state index is 4.39. The van der Waals surface area contributed by atoms with Crippen LogP contribution >= 0.6 is 0 Å². The molecular formula is C10H18N4. The molecule has 0 aliphatic carbocycles. The summed E-state index contributed by atoms with van der Waals surface area (Å²) in [6, 6.07) is 0. The summed E-state index contributed by atoms with van der Waals surface area (Å²) in [5, 5.41) is 4.38. The maximum Gasteiger partial charge on any atom is 0.147 e. The lowest BCUT2D eigenvalue weighted by Gasteiger charge is -2.37. The van der Waals surface area contributed by atoms with E-state index in [4.69, 9.17) is 0 Å². The van der Waals surface area contributed by atoms with E-state index in [9.17, 15) is 0 Å². The summed E-state index contributed by atoms with van der Waals surface area (Å²) in [6.07, 6.45) is 1.01. The third-order valence-electron chi connectivity index (χ3n) is 2.71. The maximum atomic E-state index is 4.39. The first-order valence-electron chi connectivity index (χ1n) is 5.12. The summed E-state index contributed by atoms with van der Waals surface area (Å²) >= 11 is 0. The topological polar surface area (TPSA) is 34.0 Å². The monoisotopic (exact) mass is 194 g/mol. The van der Waals surface area contributed by atoms with Gasteiger partial charge in [0, 0.05) is 18.5 Å². The fourth-order valence-electron chi connectivity index (χ4n) is 1.81. The van der Waals surface area contributed by atoms with Gasteiger partial charge in [-0.2, -0.15) is 5.10 Å². The Labute approximate surface area is 84.9 Å². The molecule has 2 rings (SSSR count). The second-order valence-electron chi connectivity index (χ2n) is 4.90. The molecule has 1 aliphatic heterocycles. The molecule has 1 aromatic rings. The normalized spacial score (nSPS) is 18.3. The highest BCUT2D eigenvalue weighted by Crippen LogP contribution is 2.19. The molecule has 0 fully saturated rings. The van der Waals surface area contributed by atoms with Crippen molar-refractivity contribution in [3.05, 3.63) is 11.6 Å². The predicted molar refractivity (Wildman–Crippen MR) is 54.9 cm³/mol. The number of fused-ring (bicyclic) bond motifs is 1. The Morgan fingerprint density at radius 1 is 1.29 bits per heavy atom. The van der Waals surface area contributed by atoms with Gasteiger partial charge >= 0.3 is 0 Å². The summed E-state index contributed by atoms with van der Waals surface area (Å²) in [5.74, 6) is 2.01. The number of hydrogen-bond donors (Lipinski definition) is 0. The van der Waals surface area contributed by atoms with Gasteiger partial charge in [-0.05, 0) is 27.7 Å². The van der Waals surface area contributed by atoms with Crippen LogP contribution in [0.4, 0.5) is 0 Å². The van der Waals surface area contributed by atoms with Gasteiger partial charge in [-0.3, -0.25) is 4.90 Å². The molecule has 4 nitrogen and oxygen atoms in total. The molecule has 0 spiro atoms. The number of rotatable bonds is 0. The number of hydrogen-bond acceptors (Lipinski definition) is 3. The molecule has 0 aromatic carbocycles. The quantitative estimate of drug-likeness (QED) is 0.622. The predicted octanol–water partition coefficient (Wildman–Crippen LogP) is 1.20. The second-order valence-corrected chi connectivity index (χ2v) is 4.90. The van der Waals surface area contributed by atoms with Gasteiger partial charge in [-0.1, -0.05) is 0 Å². The van der Waals surface area contributed by atoms with Gasteiger partial charge in [0.1, 0.15) is 11.6 Å². The van der Waals surface area contributed by atoms with E-state index in [-0.39, 0.29) is 5.54 Å². The fraction of sp³-hybridized carbons (Fsp3) is 0.800. The number of aryl methyl sites for hydroxylation is 1. The molecule has 2 heterocycles. The van der Waals surface area contributed by atoms with Gasteiger partial charge in [0.25, 0.3) is 0 Å². The molecule has 0 atom stereocenters. The van der Waals surface area contributed by atoms with Crippen LogP contribution in [0.25, 0.3) is 0 Å². The SMILES string of the molecule is Cc1nc2n(n1)CN(C(C)(C)C)CC2. The number of nitrogens with zero attached hydrogens (tertiary/aromatic N) is 4. The molecule has 0 N–H and O–H groups in total. The zero-order chi connectivity index (χ0) is 10.3. The molecule has 78 valence electrons. The molecule has 0 radical (unpaired) electrons. The molecule has 0 unspecified atom stereocenters. The van der Waals surface area contributed by atoms with E-state index in [2.05, 4.69) is 35.8 Å². The van der Waals surface area contributed by atoms with E-state index in [0.29, 0.717) is 0 Å². The molecule has 14 heavy (non-hydrogen) atoms. The first-order valence-corrected chi connectivity index (χ1v) is 5.12. The van der Waals surface area contributed by atoms with Gasteiger partial charge < -0.3 is 0 Å². The van der Waals surface area contributed by atoms with Crippen molar-refractivity contribution in [2.24, 2.45) is 0 Å². The van der Waals surface area contributed by atoms with Gasteiger partial charge in [-0.15, -0.1) is 0 Å². The standard InChI is InChI=1S/C10H18N4/c1-8-11-9-5-6-13(10(2,3)4)7-14(9)12-8/h5-7H2,1-4H3. The van der Waals surface area contributed by atoms with Crippen molar-refractivity contribution in [2.75, 3.05) is 6.54 Å². The summed E-state index contributed by atoms with van der Waals surface area (Å²) < 4.78 is 2.02. The second kappa shape index (κ2) is 3.05. The average molecular weight is 194 g/mol. The summed E-state index contributed by atoms with van der Waals surface area (Å²) in [4.78, 5) is 6.82. The van der Waals surface area contributed by atoms with Crippen LogP contribution in [0.2, 0.25) is 0 Å². The number of aromatic nitrogens is 3. The molecular weight excluding hydrogens is 176 g/mol. The minimum atomic E-state index is 0.220. The summed E-state index contributed by atoms with van der Waals surface area (Å²) in [6.45, 7) is 10.6. The largest absolute Gasteiger partial charge is 0.279 e. The minimum Gasteiger partial charge on any atom is -0.279 e. The van der Waals surface area contributed by atoms with Crippen molar-refractivity contribution in [1.29, 1.82) is 0 Å². The van der Waals surface area contributed by atoms with Crippen LogP contribution in [0.5, 0.6) is 0 Å². The Bertz CT molecular complexity index is 334. The van der Waals surface area contributed by atoms with Crippen molar-refractivity contribution in [2.45, 2.75) is 46.3 Å².